The molecule has 0 aliphatic heterocycles. The van der Waals surface area contributed by atoms with Crippen molar-refractivity contribution in [1.82, 2.24) is 9.55 Å². The second-order valence-electron chi connectivity index (χ2n) is 4.43. The molecule has 0 aliphatic carbocycles. The van der Waals surface area contributed by atoms with E-state index in [2.05, 4.69) is 4.98 Å². The van der Waals surface area contributed by atoms with E-state index in [1.807, 2.05) is 0 Å². The fraction of sp³-hybridized carbons (Fsp3) is 0.333. The van der Waals surface area contributed by atoms with Gasteiger partial charge in [-0.25, -0.2) is 18.2 Å². The number of carbonyl (C=O) groups is 1. The van der Waals surface area contributed by atoms with Gasteiger partial charge in [-0.1, -0.05) is 0 Å². The molecule has 1 N–H and O–H groups in total. The molecule has 0 saturated heterocycles. The maximum Gasteiger partial charge on any atom is 0.335 e. The number of sulfone groups is 1. The van der Waals surface area contributed by atoms with E-state index < -0.39 is 15.8 Å². The van der Waals surface area contributed by atoms with E-state index >= 15 is 0 Å². The van der Waals surface area contributed by atoms with Crippen molar-refractivity contribution in [2.24, 2.45) is 0 Å². The number of rotatable bonds is 5. The molecule has 102 valence electrons. The lowest BCUT2D eigenvalue weighted by Gasteiger charge is -2.04. The standard InChI is InChI=1S/C12H14N2O4S/c1-19(17,18)6-2-5-14-8-13-10-4-3-9(12(15)16)7-11(10)14/h3-4,7-8H,2,5-6H2,1H3,(H,15,16). The van der Waals surface area contributed by atoms with E-state index in [4.69, 9.17) is 5.11 Å². The van der Waals surface area contributed by atoms with E-state index in [0.29, 0.717) is 24.0 Å². The van der Waals surface area contributed by atoms with Gasteiger partial charge in [-0.05, 0) is 24.6 Å². The molecule has 1 heterocycles. The largest absolute Gasteiger partial charge is 0.478 e. The quantitative estimate of drug-likeness (QED) is 0.889. The lowest BCUT2D eigenvalue weighted by Crippen LogP contribution is -2.07. The van der Waals surface area contributed by atoms with E-state index in [-0.39, 0.29) is 11.3 Å². The number of aromatic carboxylic acids is 1. The SMILES string of the molecule is CS(=O)(=O)CCCn1cnc2ccc(C(=O)O)cc21. The van der Waals surface area contributed by atoms with Gasteiger partial charge in [-0.2, -0.15) is 0 Å². The molecule has 0 unspecified atom stereocenters. The van der Waals surface area contributed by atoms with Crippen LogP contribution in [0, 0.1) is 0 Å². The molecule has 1 aromatic heterocycles. The van der Waals surface area contributed by atoms with Gasteiger partial charge in [0.05, 0.1) is 28.7 Å². The fourth-order valence-electron chi connectivity index (χ4n) is 1.87. The van der Waals surface area contributed by atoms with Gasteiger partial charge in [0, 0.05) is 12.8 Å². The van der Waals surface area contributed by atoms with Crippen LogP contribution < -0.4 is 0 Å². The summed E-state index contributed by atoms with van der Waals surface area (Å²) in [6.45, 7) is 0.493. The van der Waals surface area contributed by atoms with Crippen LogP contribution in [0.5, 0.6) is 0 Å². The van der Waals surface area contributed by atoms with Crippen LogP contribution in [0.15, 0.2) is 24.5 Å². The van der Waals surface area contributed by atoms with Gasteiger partial charge in [0.25, 0.3) is 0 Å². The van der Waals surface area contributed by atoms with Crippen LogP contribution in [0.25, 0.3) is 11.0 Å². The zero-order chi connectivity index (χ0) is 14.0. The molecule has 0 bridgehead atoms. The van der Waals surface area contributed by atoms with Crippen molar-refractivity contribution in [2.75, 3.05) is 12.0 Å². The van der Waals surface area contributed by atoms with E-state index in [9.17, 15) is 13.2 Å². The van der Waals surface area contributed by atoms with E-state index in [0.717, 1.165) is 0 Å². The maximum atomic E-state index is 11.1. The van der Waals surface area contributed by atoms with Crippen molar-refractivity contribution in [3.05, 3.63) is 30.1 Å². The zero-order valence-electron chi connectivity index (χ0n) is 10.4. The van der Waals surface area contributed by atoms with Gasteiger partial charge in [0.15, 0.2) is 0 Å². The number of benzene rings is 1. The number of carboxylic acids is 1. The number of carboxylic acid groups (broad SMARTS) is 1. The fourth-order valence-corrected chi connectivity index (χ4v) is 2.52. The Morgan fingerprint density at radius 3 is 2.79 bits per heavy atom. The van der Waals surface area contributed by atoms with Crippen LogP contribution in [-0.4, -0.2) is 41.1 Å². The Morgan fingerprint density at radius 1 is 1.42 bits per heavy atom. The molecule has 19 heavy (non-hydrogen) atoms. The molecule has 1 aromatic carbocycles. The lowest BCUT2D eigenvalue weighted by atomic mass is 10.2. The molecular formula is C12H14N2O4S. The van der Waals surface area contributed by atoms with Gasteiger partial charge in [0.2, 0.25) is 0 Å². The summed E-state index contributed by atoms with van der Waals surface area (Å²) in [5.41, 5.74) is 1.59. The molecule has 0 radical (unpaired) electrons. The molecule has 0 amide bonds. The number of hydrogen-bond acceptors (Lipinski definition) is 4. The van der Waals surface area contributed by atoms with Crippen LogP contribution in [-0.2, 0) is 16.4 Å². The highest BCUT2D eigenvalue weighted by atomic mass is 32.2. The number of fused-ring (bicyclic) bond motifs is 1. The summed E-state index contributed by atoms with van der Waals surface area (Å²) >= 11 is 0. The molecule has 0 saturated carbocycles. The monoisotopic (exact) mass is 282 g/mol. The molecule has 2 aromatic rings. The van der Waals surface area contributed by atoms with Crippen LogP contribution in [0.1, 0.15) is 16.8 Å². The van der Waals surface area contributed by atoms with Gasteiger partial charge in [-0.3, -0.25) is 0 Å². The summed E-state index contributed by atoms with van der Waals surface area (Å²) in [7, 11) is -2.98. The van der Waals surface area contributed by atoms with Crippen molar-refractivity contribution in [3.8, 4) is 0 Å². The first-order chi connectivity index (χ1) is 8.87. The van der Waals surface area contributed by atoms with Gasteiger partial charge < -0.3 is 9.67 Å². The summed E-state index contributed by atoms with van der Waals surface area (Å²) in [5, 5.41) is 8.95. The van der Waals surface area contributed by atoms with Gasteiger partial charge >= 0.3 is 5.97 Å². The Kier molecular flexibility index (Phi) is 3.57. The Hall–Kier alpha value is -1.89. The molecular weight excluding hydrogens is 268 g/mol. The molecule has 0 fully saturated rings. The molecule has 7 heteroatoms. The molecule has 0 spiro atoms. The number of aromatic nitrogens is 2. The normalized spacial score (nSPS) is 11.8. The molecule has 6 nitrogen and oxygen atoms in total. The summed E-state index contributed by atoms with van der Waals surface area (Å²) in [6.07, 6.45) is 3.27. The third kappa shape index (κ3) is 3.31. The molecule has 0 atom stereocenters. The van der Waals surface area contributed by atoms with Crippen molar-refractivity contribution in [1.29, 1.82) is 0 Å². The minimum absolute atomic E-state index is 0.102. The second kappa shape index (κ2) is 5.00. The van der Waals surface area contributed by atoms with Crippen molar-refractivity contribution in [2.45, 2.75) is 13.0 Å². The first kappa shape index (κ1) is 13.5. The van der Waals surface area contributed by atoms with Crippen LogP contribution in [0.3, 0.4) is 0 Å². The summed E-state index contributed by atoms with van der Waals surface area (Å²) < 4.78 is 23.9. The van der Waals surface area contributed by atoms with Gasteiger partial charge in [0.1, 0.15) is 9.84 Å². The van der Waals surface area contributed by atoms with Crippen LogP contribution >= 0.6 is 0 Å². The minimum Gasteiger partial charge on any atom is -0.478 e. The number of nitrogens with zero attached hydrogens (tertiary/aromatic N) is 2. The average molecular weight is 282 g/mol. The topological polar surface area (TPSA) is 89.3 Å². The molecule has 2 rings (SSSR count). The summed E-state index contributed by atoms with van der Waals surface area (Å²) in [6, 6.07) is 4.69. The van der Waals surface area contributed by atoms with E-state index in [1.165, 1.54) is 12.3 Å². The van der Waals surface area contributed by atoms with Gasteiger partial charge in [-0.15, -0.1) is 0 Å². The van der Waals surface area contributed by atoms with E-state index in [1.54, 1.807) is 23.0 Å². The Bertz CT molecular complexity index is 718. The van der Waals surface area contributed by atoms with Crippen LogP contribution in [0.4, 0.5) is 0 Å². The summed E-state index contributed by atoms with van der Waals surface area (Å²) in [4.78, 5) is 15.1. The molecule has 0 aliphatic rings. The predicted octanol–water partition coefficient (Wildman–Crippen LogP) is 1.17. The highest BCUT2D eigenvalue weighted by molar-refractivity contribution is 7.90. The van der Waals surface area contributed by atoms with Crippen molar-refractivity contribution in [3.63, 3.8) is 0 Å². The Labute approximate surface area is 110 Å². The third-order valence-electron chi connectivity index (χ3n) is 2.78. The maximum absolute atomic E-state index is 11.1. The first-order valence-electron chi connectivity index (χ1n) is 5.73. The third-order valence-corrected chi connectivity index (χ3v) is 3.81. The second-order valence-corrected chi connectivity index (χ2v) is 6.69. The minimum atomic E-state index is -2.98. The highest BCUT2D eigenvalue weighted by Crippen LogP contribution is 2.15. The predicted molar refractivity (Wildman–Crippen MR) is 71.0 cm³/mol. The van der Waals surface area contributed by atoms with Crippen molar-refractivity contribution < 1.29 is 18.3 Å². The zero-order valence-corrected chi connectivity index (χ0v) is 11.2. The summed E-state index contributed by atoms with van der Waals surface area (Å²) in [5.74, 6) is -0.892. The number of imidazole rings is 1. The number of hydrogen-bond donors (Lipinski definition) is 1. The Morgan fingerprint density at radius 2 is 2.16 bits per heavy atom. The smallest absolute Gasteiger partial charge is 0.335 e. The number of aryl methyl sites for hydroxylation is 1. The van der Waals surface area contributed by atoms with Crippen molar-refractivity contribution >= 4 is 26.8 Å². The first-order valence-corrected chi connectivity index (χ1v) is 7.79. The average Bonchev–Trinajstić information content (AvgIpc) is 2.70. The Balaban J connectivity index is 2.23. The van der Waals surface area contributed by atoms with Crippen LogP contribution in [0.2, 0.25) is 0 Å². The highest BCUT2D eigenvalue weighted by Gasteiger charge is 2.08. The lowest BCUT2D eigenvalue weighted by molar-refractivity contribution is 0.0697.